The van der Waals surface area contributed by atoms with E-state index in [9.17, 15) is 4.79 Å². The summed E-state index contributed by atoms with van der Waals surface area (Å²) < 4.78 is 6.12. The SMILES string of the molecule is COc1cc(Br)ccc1C(=O)NCCCc1ccccc1. The van der Waals surface area contributed by atoms with Gasteiger partial charge in [0.15, 0.2) is 0 Å². The summed E-state index contributed by atoms with van der Waals surface area (Å²) in [5.74, 6) is 0.470. The van der Waals surface area contributed by atoms with Crippen LogP contribution in [0.2, 0.25) is 0 Å². The van der Waals surface area contributed by atoms with Crippen molar-refractivity contribution in [2.75, 3.05) is 13.7 Å². The molecule has 0 saturated carbocycles. The van der Waals surface area contributed by atoms with E-state index in [-0.39, 0.29) is 5.91 Å². The van der Waals surface area contributed by atoms with Crippen LogP contribution in [0.25, 0.3) is 0 Å². The normalized spacial score (nSPS) is 10.2. The molecular weight excluding hydrogens is 330 g/mol. The van der Waals surface area contributed by atoms with Crippen molar-refractivity contribution in [2.24, 2.45) is 0 Å². The first-order valence-corrected chi connectivity index (χ1v) is 7.65. The average molecular weight is 348 g/mol. The Balaban J connectivity index is 1.85. The van der Waals surface area contributed by atoms with E-state index in [1.807, 2.05) is 24.3 Å². The molecule has 0 aliphatic carbocycles. The van der Waals surface area contributed by atoms with E-state index in [0.29, 0.717) is 17.9 Å². The van der Waals surface area contributed by atoms with Crippen molar-refractivity contribution < 1.29 is 9.53 Å². The van der Waals surface area contributed by atoms with E-state index in [0.717, 1.165) is 17.3 Å². The van der Waals surface area contributed by atoms with Crippen LogP contribution in [0.1, 0.15) is 22.3 Å². The van der Waals surface area contributed by atoms with Gasteiger partial charge >= 0.3 is 0 Å². The van der Waals surface area contributed by atoms with Gasteiger partial charge in [0.25, 0.3) is 5.91 Å². The van der Waals surface area contributed by atoms with Crippen LogP contribution in [0, 0.1) is 0 Å². The fourth-order valence-electron chi connectivity index (χ4n) is 2.09. The summed E-state index contributed by atoms with van der Waals surface area (Å²) in [6.45, 7) is 0.646. The van der Waals surface area contributed by atoms with E-state index in [4.69, 9.17) is 4.74 Å². The number of methoxy groups -OCH3 is 1. The molecule has 0 saturated heterocycles. The Labute approximate surface area is 133 Å². The minimum Gasteiger partial charge on any atom is -0.496 e. The number of benzene rings is 2. The van der Waals surface area contributed by atoms with Gasteiger partial charge in [-0.3, -0.25) is 4.79 Å². The lowest BCUT2D eigenvalue weighted by Gasteiger charge is -2.09. The number of aryl methyl sites for hydroxylation is 1. The standard InChI is InChI=1S/C17H18BrNO2/c1-21-16-12-14(18)9-10-15(16)17(20)19-11-5-8-13-6-3-2-4-7-13/h2-4,6-7,9-10,12H,5,8,11H2,1H3,(H,19,20). The molecule has 0 heterocycles. The lowest BCUT2D eigenvalue weighted by atomic mass is 10.1. The molecule has 0 aliphatic heterocycles. The smallest absolute Gasteiger partial charge is 0.255 e. The molecule has 0 unspecified atom stereocenters. The minimum atomic E-state index is -0.104. The second-order valence-electron chi connectivity index (χ2n) is 4.69. The second kappa shape index (κ2) is 7.84. The first kappa shape index (κ1) is 15.6. The third-order valence-electron chi connectivity index (χ3n) is 3.18. The van der Waals surface area contributed by atoms with Crippen LogP contribution >= 0.6 is 15.9 Å². The lowest BCUT2D eigenvalue weighted by molar-refractivity contribution is 0.0950. The Morgan fingerprint density at radius 2 is 1.95 bits per heavy atom. The molecule has 1 amide bonds. The van der Waals surface area contributed by atoms with Gasteiger partial charge in [0.05, 0.1) is 12.7 Å². The molecule has 2 aromatic carbocycles. The van der Waals surface area contributed by atoms with Gasteiger partial charge in [-0.05, 0) is 36.6 Å². The molecule has 0 bridgehead atoms. The Morgan fingerprint density at radius 1 is 1.19 bits per heavy atom. The molecule has 2 rings (SSSR count). The Hall–Kier alpha value is -1.81. The lowest BCUT2D eigenvalue weighted by Crippen LogP contribution is -2.25. The maximum atomic E-state index is 12.1. The molecule has 0 fully saturated rings. The quantitative estimate of drug-likeness (QED) is 0.806. The summed E-state index contributed by atoms with van der Waals surface area (Å²) in [7, 11) is 1.56. The Kier molecular flexibility index (Phi) is 5.81. The average Bonchev–Trinajstić information content (AvgIpc) is 2.52. The summed E-state index contributed by atoms with van der Waals surface area (Å²) >= 11 is 3.36. The Bertz CT molecular complexity index is 599. The molecule has 4 heteroatoms. The number of rotatable bonds is 6. The highest BCUT2D eigenvalue weighted by molar-refractivity contribution is 9.10. The number of carbonyl (C=O) groups is 1. The molecule has 0 aromatic heterocycles. The van der Waals surface area contributed by atoms with E-state index in [1.54, 1.807) is 19.2 Å². The van der Waals surface area contributed by atoms with Crippen LogP contribution in [-0.2, 0) is 6.42 Å². The maximum absolute atomic E-state index is 12.1. The number of halogens is 1. The fraction of sp³-hybridized carbons (Fsp3) is 0.235. The van der Waals surface area contributed by atoms with Gasteiger partial charge in [-0.2, -0.15) is 0 Å². The second-order valence-corrected chi connectivity index (χ2v) is 5.61. The number of carbonyl (C=O) groups excluding carboxylic acids is 1. The van der Waals surface area contributed by atoms with Gasteiger partial charge in [-0.15, -0.1) is 0 Å². The molecule has 3 nitrogen and oxygen atoms in total. The fourth-order valence-corrected chi connectivity index (χ4v) is 2.43. The number of hydrogen-bond acceptors (Lipinski definition) is 2. The predicted octanol–water partition coefficient (Wildman–Crippen LogP) is 3.82. The van der Waals surface area contributed by atoms with Crippen molar-refractivity contribution in [2.45, 2.75) is 12.8 Å². The molecule has 0 spiro atoms. The summed E-state index contributed by atoms with van der Waals surface area (Å²) in [6.07, 6.45) is 1.87. The van der Waals surface area contributed by atoms with Gasteiger partial charge in [0, 0.05) is 11.0 Å². The molecule has 0 atom stereocenters. The van der Waals surface area contributed by atoms with Crippen LogP contribution in [0.4, 0.5) is 0 Å². The zero-order valence-corrected chi connectivity index (χ0v) is 13.5. The van der Waals surface area contributed by atoms with Crippen LogP contribution in [0.3, 0.4) is 0 Å². The van der Waals surface area contributed by atoms with Crippen molar-refractivity contribution in [3.05, 3.63) is 64.1 Å². The molecule has 110 valence electrons. The summed E-state index contributed by atoms with van der Waals surface area (Å²) in [4.78, 5) is 12.1. The maximum Gasteiger partial charge on any atom is 0.255 e. The van der Waals surface area contributed by atoms with E-state index in [2.05, 4.69) is 33.4 Å². The van der Waals surface area contributed by atoms with Crippen molar-refractivity contribution >= 4 is 21.8 Å². The molecule has 2 aromatic rings. The van der Waals surface area contributed by atoms with Crippen LogP contribution < -0.4 is 10.1 Å². The van der Waals surface area contributed by atoms with Gasteiger partial charge in [0.2, 0.25) is 0 Å². The van der Waals surface area contributed by atoms with Crippen molar-refractivity contribution in [3.8, 4) is 5.75 Å². The molecule has 0 aliphatic rings. The monoisotopic (exact) mass is 347 g/mol. The first-order valence-electron chi connectivity index (χ1n) is 6.86. The number of amides is 1. The van der Waals surface area contributed by atoms with Gasteiger partial charge < -0.3 is 10.1 Å². The summed E-state index contributed by atoms with van der Waals surface area (Å²) in [6, 6.07) is 15.6. The van der Waals surface area contributed by atoms with Gasteiger partial charge in [-0.25, -0.2) is 0 Å². The highest BCUT2D eigenvalue weighted by Crippen LogP contribution is 2.23. The van der Waals surface area contributed by atoms with E-state index < -0.39 is 0 Å². The summed E-state index contributed by atoms with van der Waals surface area (Å²) in [5.41, 5.74) is 1.84. The van der Waals surface area contributed by atoms with Gasteiger partial charge in [0.1, 0.15) is 5.75 Å². The van der Waals surface area contributed by atoms with E-state index in [1.165, 1.54) is 5.56 Å². The third-order valence-corrected chi connectivity index (χ3v) is 3.67. The minimum absolute atomic E-state index is 0.104. The van der Waals surface area contributed by atoms with E-state index >= 15 is 0 Å². The largest absolute Gasteiger partial charge is 0.496 e. The number of ether oxygens (including phenoxy) is 1. The van der Waals surface area contributed by atoms with Crippen molar-refractivity contribution in [1.82, 2.24) is 5.32 Å². The van der Waals surface area contributed by atoms with Crippen molar-refractivity contribution in [3.63, 3.8) is 0 Å². The third kappa shape index (κ3) is 4.60. The number of nitrogens with one attached hydrogen (secondary N) is 1. The zero-order valence-electron chi connectivity index (χ0n) is 11.9. The Morgan fingerprint density at radius 3 is 2.67 bits per heavy atom. The summed E-state index contributed by atoms with van der Waals surface area (Å²) in [5, 5.41) is 2.93. The number of hydrogen-bond donors (Lipinski definition) is 1. The van der Waals surface area contributed by atoms with Gasteiger partial charge in [-0.1, -0.05) is 46.3 Å². The van der Waals surface area contributed by atoms with Crippen molar-refractivity contribution in [1.29, 1.82) is 0 Å². The zero-order chi connectivity index (χ0) is 15.1. The van der Waals surface area contributed by atoms with Crippen LogP contribution in [0.5, 0.6) is 5.75 Å². The highest BCUT2D eigenvalue weighted by Gasteiger charge is 2.11. The molecule has 0 radical (unpaired) electrons. The molecular formula is C17H18BrNO2. The van der Waals surface area contributed by atoms with Crippen LogP contribution in [0.15, 0.2) is 53.0 Å². The molecule has 1 N–H and O–H groups in total. The highest BCUT2D eigenvalue weighted by atomic mass is 79.9. The molecule has 21 heavy (non-hydrogen) atoms. The topological polar surface area (TPSA) is 38.3 Å². The predicted molar refractivity (Wildman–Crippen MR) is 87.8 cm³/mol. The van der Waals surface area contributed by atoms with Crippen LogP contribution in [-0.4, -0.2) is 19.6 Å². The first-order chi connectivity index (χ1) is 10.2.